The van der Waals surface area contributed by atoms with Gasteiger partial charge in [-0.25, -0.2) is 16.8 Å². The number of aliphatic hydroxyl groups is 1. The Bertz CT molecular complexity index is 471. The van der Waals surface area contributed by atoms with Gasteiger partial charge < -0.3 is 9.84 Å². The summed E-state index contributed by atoms with van der Waals surface area (Å²) in [5.74, 6) is -0.832. The first-order chi connectivity index (χ1) is 8.14. The van der Waals surface area contributed by atoms with Gasteiger partial charge in [0.25, 0.3) is 0 Å². The molecule has 0 bridgehead atoms. The van der Waals surface area contributed by atoms with Gasteiger partial charge in [0, 0.05) is 19.3 Å². The zero-order valence-corrected chi connectivity index (χ0v) is 12.1. The number of morpholine rings is 1. The van der Waals surface area contributed by atoms with E-state index in [1.807, 2.05) is 0 Å². The van der Waals surface area contributed by atoms with Crippen LogP contribution >= 0.6 is 0 Å². The number of nitrogens with zero attached hydrogens (tertiary/aromatic N) is 1. The Kier molecular flexibility index (Phi) is 5.13. The highest BCUT2D eigenvalue weighted by molar-refractivity contribution is 7.93. The fraction of sp³-hybridized carbons (Fsp3) is 1.00. The van der Waals surface area contributed by atoms with Crippen molar-refractivity contribution in [2.24, 2.45) is 0 Å². The van der Waals surface area contributed by atoms with Gasteiger partial charge in [0.1, 0.15) is 9.84 Å². The Hall–Kier alpha value is -0.220. The van der Waals surface area contributed by atoms with Gasteiger partial charge in [-0.2, -0.15) is 4.31 Å². The van der Waals surface area contributed by atoms with E-state index in [4.69, 9.17) is 9.84 Å². The average molecular weight is 301 g/mol. The topological polar surface area (TPSA) is 101 Å². The summed E-state index contributed by atoms with van der Waals surface area (Å²) in [6.45, 7) is 1.69. The standard InChI is InChI=1S/C9H19NO6S2/c1-8-5-10(6-9(7-11)16-8)18(14,15)4-3-17(2,12)13/h8-9,11H,3-7H2,1-2H3. The monoisotopic (exact) mass is 301 g/mol. The Balaban J connectivity index is 2.72. The SMILES string of the molecule is CC1CN(S(=O)(=O)CCS(C)(=O)=O)CC(CO)O1. The molecule has 1 rings (SSSR count). The molecule has 2 atom stereocenters. The Morgan fingerprint density at radius 2 is 1.83 bits per heavy atom. The van der Waals surface area contributed by atoms with Crippen molar-refractivity contribution < 1.29 is 26.7 Å². The summed E-state index contributed by atoms with van der Waals surface area (Å²) in [4.78, 5) is 0. The van der Waals surface area contributed by atoms with Crippen molar-refractivity contribution >= 4 is 19.9 Å². The van der Waals surface area contributed by atoms with E-state index >= 15 is 0 Å². The molecule has 1 aliphatic rings. The second-order valence-electron chi connectivity index (χ2n) is 4.51. The normalized spacial score (nSPS) is 27.3. The Labute approximate surface area is 108 Å². The third kappa shape index (κ3) is 4.81. The van der Waals surface area contributed by atoms with Gasteiger partial charge in [-0.3, -0.25) is 0 Å². The largest absolute Gasteiger partial charge is 0.394 e. The zero-order chi connectivity index (χ0) is 14.0. The van der Waals surface area contributed by atoms with E-state index in [0.717, 1.165) is 6.26 Å². The number of aliphatic hydroxyl groups excluding tert-OH is 1. The van der Waals surface area contributed by atoms with Crippen LogP contribution in [0.15, 0.2) is 0 Å². The average Bonchev–Trinajstić information content (AvgIpc) is 2.25. The molecular formula is C9H19NO6S2. The number of hydrogen-bond acceptors (Lipinski definition) is 6. The molecule has 1 aliphatic heterocycles. The van der Waals surface area contributed by atoms with Crippen molar-refractivity contribution in [3.8, 4) is 0 Å². The first-order valence-corrected chi connectivity index (χ1v) is 9.23. The van der Waals surface area contributed by atoms with Gasteiger partial charge in [-0.05, 0) is 6.92 Å². The highest BCUT2D eigenvalue weighted by Crippen LogP contribution is 2.15. The quantitative estimate of drug-likeness (QED) is 0.659. The maximum atomic E-state index is 12.0. The van der Waals surface area contributed by atoms with Crippen molar-refractivity contribution in [3.05, 3.63) is 0 Å². The van der Waals surface area contributed by atoms with Crippen LogP contribution in [-0.2, 0) is 24.6 Å². The molecule has 1 heterocycles. The first kappa shape index (κ1) is 15.8. The van der Waals surface area contributed by atoms with E-state index in [0.29, 0.717) is 0 Å². The van der Waals surface area contributed by atoms with Crippen LogP contribution in [0.3, 0.4) is 0 Å². The molecule has 108 valence electrons. The number of rotatable bonds is 5. The molecule has 1 fully saturated rings. The molecule has 1 N–H and O–H groups in total. The summed E-state index contributed by atoms with van der Waals surface area (Å²) < 4.78 is 52.4. The summed E-state index contributed by atoms with van der Waals surface area (Å²) in [7, 11) is -6.94. The molecule has 0 amide bonds. The second kappa shape index (κ2) is 5.83. The van der Waals surface area contributed by atoms with Gasteiger partial charge in [-0.15, -0.1) is 0 Å². The van der Waals surface area contributed by atoms with Crippen LogP contribution in [0.5, 0.6) is 0 Å². The van der Waals surface area contributed by atoms with E-state index in [9.17, 15) is 16.8 Å². The lowest BCUT2D eigenvalue weighted by molar-refractivity contribution is -0.0750. The van der Waals surface area contributed by atoms with Crippen LogP contribution in [0.25, 0.3) is 0 Å². The van der Waals surface area contributed by atoms with Gasteiger partial charge >= 0.3 is 0 Å². The minimum Gasteiger partial charge on any atom is -0.394 e. The van der Waals surface area contributed by atoms with Crippen LogP contribution in [0.4, 0.5) is 0 Å². The Morgan fingerprint density at radius 1 is 1.22 bits per heavy atom. The molecule has 0 aromatic rings. The molecule has 7 nitrogen and oxygen atoms in total. The lowest BCUT2D eigenvalue weighted by atomic mass is 10.2. The van der Waals surface area contributed by atoms with E-state index in [1.54, 1.807) is 6.92 Å². The van der Waals surface area contributed by atoms with Crippen LogP contribution in [0, 0.1) is 0 Å². The molecule has 18 heavy (non-hydrogen) atoms. The summed E-state index contributed by atoms with van der Waals surface area (Å²) in [5, 5.41) is 9.01. The van der Waals surface area contributed by atoms with E-state index in [1.165, 1.54) is 4.31 Å². The maximum absolute atomic E-state index is 12.0. The second-order valence-corrected chi connectivity index (χ2v) is 8.86. The lowest BCUT2D eigenvalue weighted by Gasteiger charge is -2.35. The molecule has 9 heteroatoms. The molecule has 0 aliphatic carbocycles. The third-order valence-electron chi connectivity index (χ3n) is 2.60. The van der Waals surface area contributed by atoms with Crippen molar-refractivity contribution in [2.75, 3.05) is 37.5 Å². The molecule has 0 radical (unpaired) electrons. The van der Waals surface area contributed by atoms with Crippen molar-refractivity contribution in [1.82, 2.24) is 4.31 Å². The molecule has 0 aromatic carbocycles. The zero-order valence-electron chi connectivity index (χ0n) is 10.4. The lowest BCUT2D eigenvalue weighted by Crippen LogP contribution is -2.51. The van der Waals surface area contributed by atoms with Gasteiger partial charge in [0.05, 0.1) is 30.3 Å². The molecule has 0 saturated carbocycles. The van der Waals surface area contributed by atoms with Crippen molar-refractivity contribution in [3.63, 3.8) is 0 Å². The first-order valence-electron chi connectivity index (χ1n) is 5.56. The van der Waals surface area contributed by atoms with Crippen LogP contribution < -0.4 is 0 Å². The fourth-order valence-corrected chi connectivity index (χ4v) is 4.86. The van der Waals surface area contributed by atoms with Crippen molar-refractivity contribution in [2.45, 2.75) is 19.1 Å². The van der Waals surface area contributed by atoms with Gasteiger partial charge in [0.15, 0.2) is 0 Å². The summed E-state index contributed by atoms with van der Waals surface area (Å²) in [5.41, 5.74) is 0. The van der Waals surface area contributed by atoms with E-state index in [2.05, 4.69) is 0 Å². The van der Waals surface area contributed by atoms with E-state index < -0.39 is 37.5 Å². The number of sulfone groups is 1. The Morgan fingerprint density at radius 3 is 2.33 bits per heavy atom. The summed E-state index contributed by atoms with van der Waals surface area (Å²) in [6.07, 6.45) is 0.131. The molecule has 2 unspecified atom stereocenters. The smallest absolute Gasteiger partial charge is 0.215 e. The molecule has 1 saturated heterocycles. The van der Waals surface area contributed by atoms with E-state index in [-0.39, 0.29) is 25.8 Å². The van der Waals surface area contributed by atoms with Crippen LogP contribution in [0.1, 0.15) is 6.92 Å². The minimum atomic E-state index is -3.63. The molecule has 0 aromatic heterocycles. The number of ether oxygens (including phenoxy) is 1. The highest BCUT2D eigenvalue weighted by atomic mass is 32.2. The van der Waals surface area contributed by atoms with Gasteiger partial charge in [0.2, 0.25) is 10.0 Å². The summed E-state index contributed by atoms with van der Waals surface area (Å²) >= 11 is 0. The fourth-order valence-electron chi connectivity index (χ4n) is 1.72. The molecule has 0 spiro atoms. The van der Waals surface area contributed by atoms with Crippen molar-refractivity contribution in [1.29, 1.82) is 0 Å². The number of hydrogen-bond donors (Lipinski definition) is 1. The van der Waals surface area contributed by atoms with Gasteiger partial charge in [-0.1, -0.05) is 0 Å². The number of sulfonamides is 1. The predicted molar refractivity (Wildman–Crippen MR) is 66.5 cm³/mol. The van der Waals surface area contributed by atoms with Crippen LogP contribution in [-0.4, -0.2) is 75.9 Å². The van der Waals surface area contributed by atoms with Crippen LogP contribution in [0.2, 0.25) is 0 Å². The maximum Gasteiger partial charge on any atom is 0.215 e. The third-order valence-corrected chi connectivity index (χ3v) is 5.61. The molecular weight excluding hydrogens is 282 g/mol. The highest BCUT2D eigenvalue weighted by Gasteiger charge is 2.32. The summed E-state index contributed by atoms with van der Waals surface area (Å²) in [6, 6.07) is 0. The predicted octanol–water partition coefficient (Wildman–Crippen LogP) is -1.56. The minimum absolute atomic E-state index is 0.0624.